The van der Waals surface area contributed by atoms with E-state index in [1.165, 1.54) is 6.20 Å². The predicted molar refractivity (Wildman–Crippen MR) is 171 cm³/mol. The summed E-state index contributed by atoms with van der Waals surface area (Å²) in [4.78, 5) is 46.9. The van der Waals surface area contributed by atoms with Gasteiger partial charge < -0.3 is 9.47 Å². The first kappa shape index (κ1) is 28.9. The molecule has 2 aromatic heterocycles. The Morgan fingerprint density at radius 3 is 2.39 bits per heavy atom. The van der Waals surface area contributed by atoms with E-state index in [4.69, 9.17) is 0 Å². The predicted octanol–water partition coefficient (Wildman–Crippen LogP) is 5.97. The van der Waals surface area contributed by atoms with Crippen LogP contribution in [0.15, 0.2) is 97.3 Å². The van der Waals surface area contributed by atoms with Crippen molar-refractivity contribution in [1.82, 2.24) is 25.3 Å². The number of hydrogen-bond acceptors (Lipinski definition) is 4. The van der Waals surface area contributed by atoms with Gasteiger partial charge in [-0.15, -0.1) is 0 Å². The van der Waals surface area contributed by atoms with Gasteiger partial charge in [-0.05, 0) is 48.2 Å². The molecule has 1 aliphatic heterocycles. The molecule has 0 saturated heterocycles. The summed E-state index contributed by atoms with van der Waals surface area (Å²) in [6.07, 6.45) is 3.64. The number of para-hydroxylation sites is 1. The van der Waals surface area contributed by atoms with Crippen molar-refractivity contribution in [2.45, 2.75) is 39.3 Å². The molecule has 3 unspecified atom stereocenters. The molecule has 5 aromatic rings. The zero-order chi connectivity index (χ0) is 31.0. The first-order valence-electron chi connectivity index (χ1n) is 14.9. The van der Waals surface area contributed by atoms with Gasteiger partial charge in [0.25, 0.3) is 17.7 Å². The fourth-order valence-electron chi connectivity index (χ4n) is 6.32. The normalized spacial score (nSPS) is 15.6. The molecule has 6 rings (SSSR count). The molecule has 0 aliphatic carbocycles. The van der Waals surface area contributed by atoms with Crippen molar-refractivity contribution in [2.75, 3.05) is 0 Å². The van der Waals surface area contributed by atoms with Gasteiger partial charge in [0.05, 0.1) is 17.3 Å². The third-order valence-corrected chi connectivity index (χ3v) is 8.72. The Balaban J connectivity index is 1.51. The topological polar surface area (TPSA) is 96.3 Å². The minimum atomic E-state index is -0.871. The Kier molecular flexibility index (Phi) is 7.74. The first-order chi connectivity index (χ1) is 21.3. The van der Waals surface area contributed by atoms with Gasteiger partial charge in [0.15, 0.2) is 0 Å². The van der Waals surface area contributed by atoms with Gasteiger partial charge in [-0.3, -0.25) is 30.2 Å². The molecule has 0 radical (unpaired) electrons. The zero-order valence-corrected chi connectivity index (χ0v) is 25.2. The number of pyridine rings is 1. The van der Waals surface area contributed by atoms with Gasteiger partial charge in [0.2, 0.25) is 0 Å². The monoisotopic (exact) mass is 585 g/mol. The minimum Gasteiger partial charge on any atom is -0.343 e. The molecular formula is C36H35N5O3. The lowest BCUT2D eigenvalue weighted by atomic mass is 9.90. The maximum Gasteiger partial charge on any atom is 0.271 e. The molecule has 3 atom stereocenters. The summed E-state index contributed by atoms with van der Waals surface area (Å²) in [5, 5.41) is 1.01. The average Bonchev–Trinajstić information content (AvgIpc) is 3.50. The van der Waals surface area contributed by atoms with Crippen LogP contribution in [-0.2, 0) is 11.8 Å². The van der Waals surface area contributed by atoms with Crippen molar-refractivity contribution in [2.24, 2.45) is 13.0 Å². The number of aromatic nitrogens is 2. The highest BCUT2D eigenvalue weighted by atomic mass is 16.2. The molecule has 3 aromatic carbocycles. The molecule has 0 saturated carbocycles. The molecule has 44 heavy (non-hydrogen) atoms. The molecule has 3 heterocycles. The maximum atomic E-state index is 14.4. The SMILES string of the molecule is CCC(C)C(C(=O)NNC(=O)c1cccnc1)N1C(=O)c2ccccc2C1c1c(-c2ccc(C)cc2)n(C)c2ccccc12. The summed E-state index contributed by atoms with van der Waals surface area (Å²) in [6.45, 7) is 6.02. The van der Waals surface area contributed by atoms with E-state index in [1.54, 1.807) is 23.2 Å². The number of hydrazine groups is 1. The number of rotatable bonds is 7. The van der Waals surface area contributed by atoms with Gasteiger partial charge in [-0.1, -0.05) is 86.5 Å². The minimum absolute atomic E-state index is 0.215. The van der Waals surface area contributed by atoms with Gasteiger partial charge in [0, 0.05) is 41.5 Å². The number of fused-ring (bicyclic) bond motifs is 2. The molecule has 2 N–H and O–H groups in total. The van der Waals surface area contributed by atoms with Crippen molar-refractivity contribution in [3.63, 3.8) is 0 Å². The van der Waals surface area contributed by atoms with Crippen LogP contribution in [0.25, 0.3) is 22.2 Å². The van der Waals surface area contributed by atoms with E-state index in [0.717, 1.165) is 38.9 Å². The van der Waals surface area contributed by atoms with Gasteiger partial charge in [0.1, 0.15) is 6.04 Å². The van der Waals surface area contributed by atoms with E-state index in [1.807, 2.05) is 57.3 Å². The summed E-state index contributed by atoms with van der Waals surface area (Å²) < 4.78 is 2.17. The quantitative estimate of drug-likeness (QED) is 0.230. The van der Waals surface area contributed by atoms with Crippen molar-refractivity contribution in [3.8, 4) is 11.3 Å². The molecule has 0 fully saturated rings. The summed E-state index contributed by atoms with van der Waals surface area (Å²) in [7, 11) is 2.04. The van der Waals surface area contributed by atoms with Crippen LogP contribution in [0.1, 0.15) is 63.7 Å². The Morgan fingerprint density at radius 2 is 1.66 bits per heavy atom. The molecule has 3 amide bonds. The average molecular weight is 586 g/mol. The number of benzene rings is 3. The van der Waals surface area contributed by atoms with Gasteiger partial charge in [-0.25, -0.2) is 0 Å². The summed E-state index contributed by atoms with van der Waals surface area (Å²) in [6, 6.07) is 26.0. The fraction of sp³-hybridized carbons (Fsp3) is 0.222. The summed E-state index contributed by atoms with van der Waals surface area (Å²) in [5.41, 5.74) is 12.0. The number of nitrogens with zero attached hydrogens (tertiary/aromatic N) is 3. The van der Waals surface area contributed by atoms with Crippen LogP contribution in [0.5, 0.6) is 0 Å². The highest BCUT2D eigenvalue weighted by Crippen LogP contribution is 2.48. The largest absolute Gasteiger partial charge is 0.343 e. The van der Waals surface area contributed by atoms with Crippen LogP contribution >= 0.6 is 0 Å². The van der Waals surface area contributed by atoms with Crippen LogP contribution < -0.4 is 10.9 Å². The molecular weight excluding hydrogens is 550 g/mol. The molecule has 8 heteroatoms. The van der Waals surface area contributed by atoms with E-state index in [9.17, 15) is 14.4 Å². The molecule has 0 spiro atoms. The van der Waals surface area contributed by atoms with Crippen LogP contribution in [0, 0.1) is 12.8 Å². The van der Waals surface area contributed by atoms with E-state index in [0.29, 0.717) is 17.5 Å². The number of hydrogen-bond donors (Lipinski definition) is 2. The Labute approximate surface area is 256 Å². The van der Waals surface area contributed by atoms with Crippen molar-refractivity contribution < 1.29 is 14.4 Å². The zero-order valence-electron chi connectivity index (χ0n) is 25.2. The van der Waals surface area contributed by atoms with Crippen LogP contribution in [0.2, 0.25) is 0 Å². The van der Waals surface area contributed by atoms with E-state index in [-0.39, 0.29) is 11.8 Å². The number of amides is 3. The molecule has 8 nitrogen and oxygen atoms in total. The van der Waals surface area contributed by atoms with Gasteiger partial charge >= 0.3 is 0 Å². The lowest BCUT2D eigenvalue weighted by Gasteiger charge is -2.36. The molecule has 222 valence electrons. The Hall–Kier alpha value is -5.24. The number of nitrogens with one attached hydrogen (secondary N) is 2. The number of aryl methyl sites for hydroxylation is 2. The highest BCUT2D eigenvalue weighted by Gasteiger charge is 2.47. The van der Waals surface area contributed by atoms with Gasteiger partial charge in [-0.2, -0.15) is 0 Å². The number of carbonyl (C=O) groups excluding carboxylic acids is 3. The fourth-order valence-corrected chi connectivity index (χ4v) is 6.32. The van der Waals surface area contributed by atoms with Crippen molar-refractivity contribution in [1.29, 1.82) is 0 Å². The maximum absolute atomic E-state index is 14.4. The van der Waals surface area contributed by atoms with Crippen LogP contribution in [0.4, 0.5) is 0 Å². The smallest absolute Gasteiger partial charge is 0.271 e. The second kappa shape index (κ2) is 11.8. The second-order valence-corrected chi connectivity index (χ2v) is 11.4. The Morgan fingerprint density at radius 1 is 0.932 bits per heavy atom. The van der Waals surface area contributed by atoms with Crippen molar-refractivity contribution >= 4 is 28.6 Å². The number of carbonyl (C=O) groups is 3. The van der Waals surface area contributed by atoms with E-state index < -0.39 is 23.9 Å². The first-order valence-corrected chi connectivity index (χ1v) is 14.9. The van der Waals surface area contributed by atoms with E-state index in [2.05, 4.69) is 63.7 Å². The standard InChI is InChI=1S/C36H35N5O3/c1-5-23(3)31(35(43)39-38-34(42)25-11-10-20-37-21-25)41-33(26-12-6-7-13-27(26)36(41)44)30-28-14-8-9-15-29(28)40(4)32(30)24-18-16-22(2)17-19-24/h6-21,23,31,33H,5H2,1-4H3,(H,38,42)(H,39,43). The Bertz CT molecular complexity index is 1860. The van der Waals surface area contributed by atoms with Crippen molar-refractivity contribution in [3.05, 3.63) is 125 Å². The lowest BCUT2D eigenvalue weighted by Crippen LogP contribution is -2.55. The van der Waals surface area contributed by atoms with Crippen LogP contribution in [0.3, 0.4) is 0 Å². The summed E-state index contributed by atoms with van der Waals surface area (Å²) in [5.74, 6) is -1.38. The van der Waals surface area contributed by atoms with Crippen LogP contribution in [-0.4, -0.2) is 38.2 Å². The highest BCUT2D eigenvalue weighted by molar-refractivity contribution is 6.05. The lowest BCUT2D eigenvalue weighted by molar-refractivity contribution is -0.128. The van der Waals surface area contributed by atoms with E-state index >= 15 is 0 Å². The third kappa shape index (κ3) is 4.92. The molecule has 0 bridgehead atoms. The second-order valence-electron chi connectivity index (χ2n) is 11.4. The molecule has 1 aliphatic rings. The third-order valence-electron chi connectivity index (χ3n) is 8.72. The summed E-state index contributed by atoms with van der Waals surface area (Å²) >= 11 is 0.